The van der Waals surface area contributed by atoms with Crippen molar-refractivity contribution in [3.63, 3.8) is 0 Å². The lowest BCUT2D eigenvalue weighted by molar-refractivity contribution is -0.129. The molecule has 1 rings (SSSR count). The molecular formula is C15H24Cl2N2O. The van der Waals surface area contributed by atoms with E-state index in [1.54, 1.807) is 0 Å². The van der Waals surface area contributed by atoms with Gasteiger partial charge in [0.05, 0.1) is 0 Å². The summed E-state index contributed by atoms with van der Waals surface area (Å²) in [6, 6.07) is 7.74. The summed E-state index contributed by atoms with van der Waals surface area (Å²) >= 11 is 5.96. The molecule has 1 aromatic carbocycles. The quantitative estimate of drug-likeness (QED) is 0.846. The summed E-state index contributed by atoms with van der Waals surface area (Å²) in [4.78, 5) is 12.2. The van der Waals surface area contributed by atoms with Crippen LogP contribution in [0.15, 0.2) is 24.3 Å². The van der Waals surface area contributed by atoms with Crippen molar-refractivity contribution in [1.82, 2.24) is 5.32 Å². The predicted molar refractivity (Wildman–Crippen MR) is 87.5 cm³/mol. The molecule has 20 heavy (non-hydrogen) atoms. The Morgan fingerprint density at radius 1 is 1.45 bits per heavy atom. The monoisotopic (exact) mass is 318 g/mol. The summed E-state index contributed by atoms with van der Waals surface area (Å²) in [5, 5.41) is 3.64. The third-order valence-corrected chi connectivity index (χ3v) is 3.27. The van der Waals surface area contributed by atoms with Gasteiger partial charge in [-0.2, -0.15) is 0 Å². The van der Waals surface area contributed by atoms with Gasteiger partial charge in [-0.3, -0.25) is 4.79 Å². The highest BCUT2D eigenvalue weighted by molar-refractivity contribution is 6.30. The summed E-state index contributed by atoms with van der Waals surface area (Å²) in [7, 11) is 0. The lowest BCUT2D eigenvalue weighted by Crippen LogP contribution is -2.39. The van der Waals surface area contributed by atoms with Crippen molar-refractivity contribution in [2.45, 2.75) is 39.7 Å². The van der Waals surface area contributed by atoms with Gasteiger partial charge in [-0.05, 0) is 37.5 Å². The van der Waals surface area contributed by atoms with E-state index in [1.165, 1.54) is 0 Å². The fraction of sp³-hybridized carbons (Fsp3) is 0.533. The highest BCUT2D eigenvalue weighted by atomic mass is 35.5. The minimum absolute atomic E-state index is 0. The average Bonchev–Trinajstić information content (AvgIpc) is 2.27. The second-order valence-corrected chi connectivity index (χ2v) is 6.15. The summed E-state index contributed by atoms with van der Waals surface area (Å²) in [5.41, 5.74) is 6.28. The van der Waals surface area contributed by atoms with Crippen molar-refractivity contribution in [2.24, 2.45) is 11.1 Å². The standard InChI is InChI=1S/C15H23ClN2O.ClH/c1-11(17)7-8-18-14(19)15(2,3)10-12-5-4-6-13(16)9-12;/h4-6,9,11H,7-8,10,17H2,1-3H3,(H,18,19);1H. The second-order valence-electron chi connectivity index (χ2n) is 5.71. The van der Waals surface area contributed by atoms with Crippen LogP contribution in [0.4, 0.5) is 0 Å². The van der Waals surface area contributed by atoms with E-state index in [1.807, 2.05) is 45.0 Å². The number of carbonyl (C=O) groups excluding carboxylic acids is 1. The van der Waals surface area contributed by atoms with Gasteiger partial charge in [0.1, 0.15) is 0 Å². The topological polar surface area (TPSA) is 55.1 Å². The molecule has 0 saturated heterocycles. The Bertz CT molecular complexity index is 434. The van der Waals surface area contributed by atoms with Crippen LogP contribution in [0.25, 0.3) is 0 Å². The summed E-state index contributed by atoms with van der Waals surface area (Å²) < 4.78 is 0. The van der Waals surface area contributed by atoms with Gasteiger partial charge in [-0.1, -0.05) is 37.6 Å². The lowest BCUT2D eigenvalue weighted by Gasteiger charge is -2.24. The predicted octanol–water partition coefficient (Wildman–Crippen LogP) is 3.18. The van der Waals surface area contributed by atoms with Crippen LogP contribution in [-0.2, 0) is 11.2 Å². The molecule has 0 spiro atoms. The Labute approximate surface area is 132 Å². The highest BCUT2D eigenvalue weighted by Gasteiger charge is 2.27. The zero-order valence-corrected chi connectivity index (χ0v) is 13.9. The molecule has 3 nitrogen and oxygen atoms in total. The van der Waals surface area contributed by atoms with Gasteiger partial charge in [0, 0.05) is 23.0 Å². The van der Waals surface area contributed by atoms with Crippen LogP contribution in [0.1, 0.15) is 32.8 Å². The molecule has 1 unspecified atom stereocenters. The molecule has 0 heterocycles. The lowest BCUT2D eigenvalue weighted by atomic mass is 9.85. The van der Waals surface area contributed by atoms with E-state index in [0.717, 1.165) is 12.0 Å². The highest BCUT2D eigenvalue weighted by Crippen LogP contribution is 2.23. The van der Waals surface area contributed by atoms with Crippen LogP contribution < -0.4 is 11.1 Å². The van der Waals surface area contributed by atoms with Crippen LogP contribution in [-0.4, -0.2) is 18.5 Å². The van der Waals surface area contributed by atoms with Crippen molar-refractivity contribution in [2.75, 3.05) is 6.54 Å². The van der Waals surface area contributed by atoms with Crippen molar-refractivity contribution < 1.29 is 4.79 Å². The Hall–Kier alpha value is -0.770. The van der Waals surface area contributed by atoms with Crippen molar-refractivity contribution >= 4 is 29.9 Å². The number of nitrogens with two attached hydrogens (primary N) is 1. The van der Waals surface area contributed by atoms with Gasteiger partial charge < -0.3 is 11.1 Å². The maximum atomic E-state index is 12.2. The normalized spacial score (nSPS) is 12.4. The molecule has 0 aliphatic rings. The number of halogens is 2. The van der Waals surface area contributed by atoms with Crippen molar-refractivity contribution in [3.05, 3.63) is 34.9 Å². The number of hydrogen-bond acceptors (Lipinski definition) is 2. The van der Waals surface area contributed by atoms with Crippen LogP contribution in [0, 0.1) is 5.41 Å². The molecule has 0 fully saturated rings. The first kappa shape index (κ1) is 19.2. The van der Waals surface area contributed by atoms with Crippen LogP contribution in [0.3, 0.4) is 0 Å². The van der Waals surface area contributed by atoms with Crippen LogP contribution in [0.5, 0.6) is 0 Å². The molecular weight excluding hydrogens is 295 g/mol. The number of benzene rings is 1. The van der Waals surface area contributed by atoms with E-state index in [-0.39, 0.29) is 24.4 Å². The van der Waals surface area contributed by atoms with E-state index < -0.39 is 5.41 Å². The number of hydrogen-bond donors (Lipinski definition) is 2. The van der Waals surface area contributed by atoms with Gasteiger partial charge in [0.2, 0.25) is 5.91 Å². The zero-order valence-electron chi connectivity index (χ0n) is 12.3. The van der Waals surface area contributed by atoms with Gasteiger partial charge in [0.15, 0.2) is 0 Å². The fourth-order valence-corrected chi connectivity index (χ4v) is 2.10. The first-order chi connectivity index (χ1) is 8.81. The van der Waals surface area contributed by atoms with Crippen LogP contribution in [0.2, 0.25) is 5.02 Å². The minimum atomic E-state index is -0.456. The molecule has 114 valence electrons. The van der Waals surface area contributed by atoms with Gasteiger partial charge in [0.25, 0.3) is 0 Å². The molecule has 3 N–H and O–H groups in total. The Balaban J connectivity index is 0.00000361. The van der Waals surface area contributed by atoms with E-state index in [2.05, 4.69) is 5.32 Å². The number of rotatable bonds is 6. The first-order valence-electron chi connectivity index (χ1n) is 6.59. The second kappa shape index (κ2) is 8.50. The smallest absolute Gasteiger partial charge is 0.225 e. The number of carbonyl (C=O) groups is 1. The number of nitrogens with one attached hydrogen (secondary N) is 1. The molecule has 5 heteroatoms. The molecule has 0 aliphatic heterocycles. The van der Waals surface area contributed by atoms with Crippen molar-refractivity contribution in [3.8, 4) is 0 Å². The molecule has 0 aliphatic carbocycles. The molecule has 1 aromatic rings. The SMILES string of the molecule is CC(N)CCNC(=O)C(C)(C)Cc1cccc(Cl)c1.Cl. The summed E-state index contributed by atoms with van der Waals surface area (Å²) in [5.74, 6) is 0.0492. The van der Waals surface area contributed by atoms with Gasteiger partial charge in [-0.15, -0.1) is 12.4 Å². The van der Waals surface area contributed by atoms with Gasteiger partial charge >= 0.3 is 0 Å². The molecule has 0 aromatic heterocycles. The summed E-state index contributed by atoms with van der Waals surface area (Å²) in [6.07, 6.45) is 1.45. The zero-order chi connectivity index (χ0) is 14.5. The number of amides is 1. The molecule has 0 saturated carbocycles. The first-order valence-corrected chi connectivity index (χ1v) is 6.97. The van der Waals surface area contributed by atoms with Gasteiger partial charge in [-0.25, -0.2) is 0 Å². The van der Waals surface area contributed by atoms with E-state index in [9.17, 15) is 4.79 Å². The van der Waals surface area contributed by atoms with E-state index >= 15 is 0 Å². The Morgan fingerprint density at radius 2 is 2.10 bits per heavy atom. The molecule has 0 bridgehead atoms. The Kier molecular flexibility index (Phi) is 8.17. The molecule has 0 radical (unpaired) electrons. The maximum Gasteiger partial charge on any atom is 0.225 e. The third-order valence-electron chi connectivity index (χ3n) is 3.04. The Morgan fingerprint density at radius 3 is 2.65 bits per heavy atom. The maximum absolute atomic E-state index is 12.2. The average molecular weight is 319 g/mol. The third kappa shape index (κ3) is 6.60. The molecule has 1 amide bonds. The fourth-order valence-electron chi connectivity index (χ4n) is 1.89. The molecule has 1 atom stereocenters. The van der Waals surface area contributed by atoms with Crippen molar-refractivity contribution in [1.29, 1.82) is 0 Å². The summed E-state index contributed by atoms with van der Waals surface area (Å²) in [6.45, 7) is 6.43. The van der Waals surface area contributed by atoms with E-state index in [4.69, 9.17) is 17.3 Å². The largest absolute Gasteiger partial charge is 0.356 e. The van der Waals surface area contributed by atoms with Crippen LogP contribution >= 0.6 is 24.0 Å². The minimum Gasteiger partial charge on any atom is -0.356 e. The van der Waals surface area contributed by atoms with E-state index in [0.29, 0.717) is 18.0 Å².